The molecule has 0 unspecified atom stereocenters. The summed E-state index contributed by atoms with van der Waals surface area (Å²) in [4.78, 5) is 4.83. The fourth-order valence-electron chi connectivity index (χ4n) is 2.42. The van der Waals surface area contributed by atoms with Gasteiger partial charge in [0.2, 0.25) is 0 Å². The van der Waals surface area contributed by atoms with Crippen LogP contribution in [0.25, 0.3) is 0 Å². The van der Waals surface area contributed by atoms with Crippen molar-refractivity contribution in [2.75, 3.05) is 32.7 Å². The van der Waals surface area contributed by atoms with Crippen LogP contribution in [-0.2, 0) is 0 Å². The number of unbranched alkanes of at least 4 members (excludes halogenated alkanes) is 2. The first-order chi connectivity index (χ1) is 8.13. The van der Waals surface area contributed by atoms with Crippen LogP contribution in [0.2, 0.25) is 0 Å². The third-order valence-electron chi connectivity index (χ3n) is 3.36. The second-order valence-electron chi connectivity index (χ2n) is 5.11. The number of rotatable bonds is 6. The summed E-state index contributed by atoms with van der Waals surface area (Å²) in [5.74, 6) is 0. The Labute approximate surface area is 105 Å². The average molecular weight is 239 g/mol. The highest BCUT2D eigenvalue weighted by Crippen LogP contribution is 2.11. The predicted molar refractivity (Wildman–Crippen MR) is 68.6 cm³/mol. The summed E-state index contributed by atoms with van der Waals surface area (Å²) >= 11 is 0. The maximum atomic E-state index is 9.40. The van der Waals surface area contributed by atoms with E-state index in [-0.39, 0.29) is 6.10 Å². The smallest absolute Gasteiger partial charge is 0.0639 e. The molecule has 1 fully saturated rings. The summed E-state index contributed by atoms with van der Waals surface area (Å²) in [6.45, 7) is 9.18. The summed E-state index contributed by atoms with van der Waals surface area (Å²) in [7, 11) is 0. The highest BCUT2D eigenvalue weighted by molar-refractivity contribution is 4.80. The van der Waals surface area contributed by atoms with Gasteiger partial charge in [-0.3, -0.25) is 4.90 Å². The van der Waals surface area contributed by atoms with Crippen LogP contribution >= 0.6 is 0 Å². The minimum absolute atomic E-state index is 0.236. The first kappa shape index (κ1) is 14.4. The van der Waals surface area contributed by atoms with Gasteiger partial charge in [0.15, 0.2) is 0 Å². The van der Waals surface area contributed by atoms with Crippen LogP contribution in [0.4, 0.5) is 0 Å². The van der Waals surface area contributed by atoms with Gasteiger partial charge >= 0.3 is 0 Å². The largest absolute Gasteiger partial charge is 0.392 e. The van der Waals surface area contributed by atoms with Crippen molar-refractivity contribution in [3.8, 4) is 6.07 Å². The molecule has 1 saturated heterocycles. The van der Waals surface area contributed by atoms with Gasteiger partial charge < -0.3 is 10.0 Å². The molecule has 1 rings (SSSR count). The molecule has 0 aromatic rings. The molecule has 17 heavy (non-hydrogen) atoms. The van der Waals surface area contributed by atoms with Gasteiger partial charge in [0.05, 0.1) is 12.2 Å². The van der Waals surface area contributed by atoms with Crippen LogP contribution in [0.5, 0.6) is 0 Å². The van der Waals surface area contributed by atoms with Gasteiger partial charge in [-0.1, -0.05) is 0 Å². The van der Waals surface area contributed by atoms with Gasteiger partial charge in [-0.25, -0.2) is 0 Å². The molecule has 2 atom stereocenters. The van der Waals surface area contributed by atoms with E-state index in [0.717, 1.165) is 45.6 Å². The number of nitriles is 1. The summed E-state index contributed by atoms with van der Waals surface area (Å²) in [6.07, 6.45) is 2.58. The van der Waals surface area contributed by atoms with Crippen LogP contribution in [-0.4, -0.2) is 59.8 Å². The zero-order valence-corrected chi connectivity index (χ0v) is 11.1. The Morgan fingerprint density at radius 2 is 2.18 bits per heavy atom. The lowest BCUT2D eigenvalue weighted by Crippen LogP contribution is -2.53. The molecular weight excluding hydrogens is 214 g/mol. The first-order valence-corrected chi connectivity index (χ1v) is 6.65. The number of aliphatic hydroxyl groups is 1. The third-order valence-corrected chi connectivity index (χ3v) is 3.36. The monoisotopic (exact) mass is 239 g/mol. The van der Waals surface area contributed by atoms with E-state index in [2.05, 4.69) is 22.8 Å². The van der Waals surface area contributed by atoms with Gasteiger partial charge in [-0.2, -0.15) is 5.26 Å². The summed E-state index contributed by atoms with van der Waals surface area (Å²) in [5.41, 5.74) is 0. The van der Waals surface area contributed by atoms with Crippen molar-refractivity contribution in [3.05, 3.63) is 0 Å². The summed E-state index contributed by atoms with van der Waals surface area (Å²) in [5, 5.41) is 17.9. The van der Waals surface area contributed by atoms with Crippen molar-refractivity contribution < 1.29 is 5.11 Å². The molecule has 0 aliphatic carbocycles. The van der Waals surface area contributed by atoms with Crippen molar-refractivity contribution in [2.45, 2.75) is 45.3 Å². The number of β-amino-alcohol motifs (C(OH)–C–C–N with tert-alkyl or cyclic N) is 1. The molecule has 0 spiro atoms. The first-order valence-electron chi connectivity index (χ1n) is 6.65. The molecule has 1 aliphatic heterocycles. The minimum Gasteiger partial charge on any atom is -0.392 e. The molecule has 0 bridgehead atoms. The van der Waals surface area contributed by atoms with E-state index < -0.39 is 0 Å². The predicted octanol–water partition coefficient (Wildman–Crippen LogP) is 1.07. The van der Waals surface area contributed by atoms with Crippen LogP contribution in [0, 0.1) is 11.3 Å². The van der Waals surface area contributed by atoms with Crippen LogP contribution < -0.4 is 0 Å². The average Bonchev–Trinajstić information content (AvgIpc) is 2.27. The van der Waals surface area contributed by atoms with E-state index in [1.54, 1.807) is 0 Å². The molecular formula is C13H25N3O. The van der Waals surface area contributed by atoms with E-state index in [4.69, 9.17) is 5.26 Å². The molecule has 0 aromatic heterocycles. The molecule has 4 nitrogen and oxygen atoms in total. The molecule has 0 aromatic carbocycles. The van der Waals surface area contributed by atoms with Gasteiger partial charge in [0.25, 0.3) is 0 Å². The number of piperazine rings is 1. The van der Waals surface area contributed by atoms with Crippen molar-refractivity contribution in [2.24, 2.45) is 0 Å². The summed E-state index contributed by atoms with van der Waals surface area (Å²) < 4.78 is 0. The van der Waals surface area contributed by atoms with E-state index in [0.29, 0.717) is 12.5 Å². The Kier molecular flexibility index (Phi) is 6.49. The lowest BCUT2D eigenvalue weighted by Gasteiger charge is -2.40. The highest BCUT2D eigenvalue weighted by atomic mass is 16.3. The molecule has 98 valence electrons. The Morgan fingerprint density at radius 1 is 1.41 bits per heavy atom. The molecule has 0 saturated carbocycles. The fraction of sp³-hybridized carbons (Fsp3) is 0.923. The molecule has 0 amide bonds. The summed E-state index contributed by atoms with van der Waals surface area (Å²) in [6, 6.07) is 2.71. The van der Waals surface area contributed by atoms with E-state index in [9.17, 15) is 5.11 Å². The van der Waals surface area contributed by atoms with Crippen LogP contribution in [0.1, 0.15) is 33.1 Å². The second kappa shape index (κ2) is 7.65. The molecule has 0 radical (unpaired) electrons. The van der Waals surface area contributed by atoms with Gasteiger partial charge in [0, 0.05) is 38.6 Å². The van der Waals surface area contributed by atoms with Gasteiger partial charge in [-0.05, 0) is 33.2 Å². The molecule has 1 aliphatic rings. The topological polar surface area (TPSA) is 50.5 Å². The molecule has 1 heterocycles. The third kappa shape index (κ3) is 5.49. The second-order valence-corrected chi connectivity index (χ2v) is 5.11. The lowest BCUT2D eigenvalue weighted by atomic mass is 10.1. The Balaban J connectivity index is 2.20. The zero-order chi connectivity index (χ0) is 12.7. The standard InChI is InChI=1S/C13H25N3O/c1-12-10-15(7-5-3-4-6-14)8-9-16(12)11-13(2)17/h12-13,17H,3-5,7-11H2,1-2H3/t12-,13+/m1/s1. The Bertz CT molecular complexity index is 250. The normalized spacial score (nSPS) is 24.5. The van der Waals surface area contributed by atoms with Gasteiger partial charge in [-0.15, -0.1) is 0 Å². The highest BCUT2D eigenvalue weighted by Gasteiger charge is 2.23. The zero-order valence-electron chi connectivity index (χ0n) is 11.1. The van der Waals surface area contributed by atoms with E-state index >= 15 is 0 Å². The maximum Gasteiger partial charge on any atom is 0.0639 e. The van der Waals surface area contributed by atoms with E-state index in [1.807, 2.05) is 6.92 Å². The van der Waals surface area contributed by atoms with Crippen LogP contribution in [0.15, 0.2) is 0 Å². The van der Waals surface area contributed by atoms with Gasteiger partial charge in [0.1, 0.15) is 0 Å². The van der Waals surface area contributed by atoms with Crippen molar-refractivity contribution in [3.63, 3.8) is 0 Å². The van der Waals surface area contributed by atoms with E-state index in [1.165, 1.54) is 0 Å². The number of aliphatic hydroxyl groups excluding tert-OH is 1. The van der Waals surface area contributed by atoms with Crippen molar-refractivity contribution >= 4 is 0 Å². The SMILES string of the molecule is C[C@H](O)CN1CCN(CCCCC#N)C[C@H]1C. The minimum atomic E-state index is -0.236. The van der Waals surface area contributed by atoms with Crippen molar-refractivity contribution in [1.82, 2.24) is 9.80 Å². The quantitative estimate of drug-likeness (QED) is 0.704. The molecule has 1 N–H and O–H groups in total. The van der Waals surface area contributed by atoms with Crippen LogP contribution in [0.3, 0.4) is 0 Å². The Hall–Kier alpha value is -0.630. The lowest BCUT2D eigenvalue weighted by molar-refractivity contribution is 0.0447. The number of hydrogen-bond acceptors (Lipinski definition) is 4. The Morgan fingerprint density at radius 3 is 2.76 bits per heavy atom. The van der Waals surface area contributed by atoms with Crippen molar-refractivity contribution in [1.29, 1.82) is 5.26 Å². The number of nitrogens with zero attached hydrogens (tertiary/aromatic N) is 3. The fourth-order valence-corrected chi connectivity index (χ4v) is 2.42. The molecule has 4 heteroatoms. The maximum absolute atomic E-state index is 9.40. The number of hydrogen-bond donors (Lipinski definition) is 1.